The first kappa shape index (κ1) is 10.6. The normalized spacial score (nSPS) is 15.1. The summed E-state index contributed by atoms with van der Waals surface area (Å²) >= 11 is 0. The molecule has 1 nitrogen and oxygen atoms in total. The maximum Gasteiger partial charge on any atom is 0.135 e. The highest BCUT2D eigenvalue weighted by atomic mass is 16.3. The Morgan fingerprint density at radius 3 is 2.68 bits per heavy atom. The molecule has 1 aliphatic rings. The van der Waals surface area contributed by atoms with E-state index in [0.29, 0.717) is 0 Å². The van der Waals surface area contributed by atoms with Gasteiger partial charge in [-0.3, -0.25) is 0 Å². The number of hydrogen-bond acceptors (Lipinski definition) is 1. The fourth-order valence-electron chi connectivity index (χ4n) is 2.77. The third-order valence-corrected chi connectivity index (χ3v) is 3.76. The highest BCUT2D eigenvalue weighted by Gasteiger charge is 2.09. The van der Waals surface area contributed by atoms with E-state index in [0.717, 1.165) is 24.0 Å². The zero-order valence-corrected chi connectivity index (χ0v) is 10.6. The third kappa shape index (κ3) is 1.70. The van der Waals surface area contributed by atoms with Crippen LogP contribution in [0.15, 0.2) is 65.1 Å². The molecule has 19 heavy (non-hydrogen) atoms. The maximum absolute atomic E-state index is 5.86. The van der Waals surface area contributed by atoms with Crippen molar-refractivity contribution in [1.29, 1.82) is 0 Å². The molecule has 0 N–H and O–H groups in total. The Hall–Kier alpha value is -2.28. The lowest BCUT2D eigenvalue weighted by atomic mass is 9.96. The van der Waals surface area contributed by atoms with Gasteiger partial charge in [0.1, 0.15) is 11.2 Å². The van der Waals surface area contributed by atoms with E-state index < -0.39 is 0 Å². The van der Waals surface area contributed by atoms with Crippen LogP contribution >= 0.6 is 0 Å². The molecule has 0 fully saturated rings. The number of hydrogen-bond donors (Lipinski definition) is 0. The van der Waals surface area contributed by atoms with Crippen LogP contribution in [0, 0.1) is 0 Å². The minimum atomic E-state index is 0.965. The highest BCUT2D eigenvalue weighted by Crippen LogP contribution is 2.32. The molecular formula is C18H14O. The average Bonchev–Trinajstić information content (AvgIpc) is 2.86. The lowest BCUT2D eigenvalue weighted by Crippen LogP contribution is -1.87. The molecule has 0 atom stereocenters. The number of furan rings is 1. The Bertz CT molecular complexity index is 818. The summed E-state index contributed by atoms with van der Waals surface area (Å²) in [5, 5.41) is 2.41. The zero-order valence-electron chi connectivity index (χ0n) is 10.6. The molecule has 1 heterocycles. The molecular weight excluding hydrogens is 232 g/mol. The van der Waals surface area contributed by atoms with Crippen molar-refractivity contribution < 1.29 is 4.42 Å². The second-order valence-electron chi connectivity index (χ2n) is 4.97. The first-order chi connectivity index (χ1) is 9.42. The molecule has 0 saturated heterocycles. The molecule has 1 heteroatoms. The van der Waals surface area contributed by atoms with Gasteiger partial charge in [-0.25, -0.2) is 0 Å². The molecule has 0 spiro atoms. The predicted molar refractivity (Wildman–Crippen MR) is 80.1 cm³/mol. The van der Waals surface area contributed by atoms with Crippen LogP contribution in [0.1, 0.15) is 18.4 Å². The van der Waals surface area contributed by atoms with Gasteiger partial charge in [0.2, 0.25) is 0 Å². The summed E-state index contributed by atoms with van der Waals surface area (Å²) in [6.07, 6.45) is 8.84. The Kier molecular flexibility index (Phi) is 2.31. The van der Waals surface area contributed by atoms with Gasteiger partial charge in [0.05, 0.1) is 0 Å². The molecule has 92 valence electrons. The van der Waals surface area contributed by atoms with E-state index >= 15 is 0 Å². The van der Waals surface area contributed by atoms with Gasteiger partial charge >= 0.3 is 0 Å². The van der Waals surface area contributed by atoms with Crippen LogP contribution in [0.25, 0.3) is 27.5 Å². The van der Waals surface area contributed by atoms with Gasteiger partial charge in [-0.05, 0) is 42.2 Å². The van der Waals surface area contributed by atoms with Crippen molar-refractivity contribution in [2.24, 2.45) is 0 Å². The molecule has 0 radical (unpaired) electrons. The smallest absolute Gasteiger partial charge is 0.135 e. The van der Waals surface area contributed by atoms with Crippen molar-refractivity contribution in [1.82, 2.24) is 0 Å². The lowest BCUT2D eigenvalue weighted by Gasteiger charge is -2.08. The largest absolute Gasteiger partial charge is 0.456 e. The second kappa shape index (κ2) is 4.13. The minimum Gasteiger partial charge on any atom is -0.456 e. The molecule has 4 rings (SSSR count). The van der Waals surface area contributed by atoms with Crippen LogP contribution in [-0.4, -0.2) is 0 Å². The van der Waals surface area contributed by atoms with Crippen molar-refractivity contribution in [3.63, 3.8) is 0 Å². The highest BCUT2D eigenvalue weighted by molar-refractivity contribution is 6.05. The van der Waals surface area contributed by atoms with E-state index in [1.54, 1.807) is 0 Å². The fourth-order valence-corrected chi connectivity index (χ4v) is 2.77. The molecule has 3 aromatic rings. The van der Waals surface area contributed by atoms with E-state index in [1.807, 2.05) is 12.1 Å². The summed E-state index contributed by atoms with van der Waals surface area (Å²) < 4.78 is 5.86. The fraction of sp³-hybridized carbons (Fsp3) is 0.111. The summed E-state index contributed by atoms with van der Waals surface area (Å²) in [5.74, 6) is 0. The van der Waals surface area contributed by atoms with Gasteiger partial charge in [0.15, 0.2) is 0 Å². The van der Waals surface area contributed by atoms with Crippen molar-refractivity contribution in [3.05, 3.63) is 66.3 Å². The number of rotatable bonds is 1. The van der Waals surface area contributed by atoms with Crippen molar-refractivity contribution in [3.8, 4) is 0 Å². The molecule has 2 aromatic carbocycles. The van der Waals surface area contributed by atoms with E-state index in [4.69, 9.17) is 4.42 Å². The van der Waals surface area contributed by atoms with Crippen LogP contribution < -0.4 is 0 Å². The monoisotopic (exact) mass is 246 g/mol. The summed E-state index contributed by atoms with van der Waals surface area (Å²) in [6, 6.07) is 14.7. The number of para-hydroxylation sites is 1. The van der Waals surface area contributed by atoms with Gasteiger partial charge in [-0.15, -0.1) is 0 Å². The van der Waals surface area contributed by atoms with Crippen LogP contribution in [0.4, 0.5) is 0 Å². The lowest BCUT2D eigenvalue weighted by molar-refractivity contribution is 0.669. The summed E-state index contributed by atoms with van der Waals surface area (Å²) in [6.45, 7) is 0. The summed E-state index contributed by atoms with van der Waals surface area (Å²) in [5.41, 5.74) is 4.65. The number of fused-ring (bicyclic) bond motifs is 3. The summed E-state index contributed by atoms with van der Waals surface area (Å²) in [4.78, 5) is 0. The third-order valence-electron chi connectivity index (χ3n) is 3.76. The SMILES string of the molecule is C1=CCCC(c2ccc3oc4ccccc4c3c2)=C1. The van der Waals surface area contributed by atoms with Gasteiger partial charge in [-0.2, -0.15) is 0 Å². The van der Waals surface area contributed by atoms with Crippen LogP contribution in [0.3, 0.4) is 0 Å². The van der Waals surface area contributed by atoms with Crippen molar-refractivity contribution in [2.75, 3.05) is 0 Å². The second-order valence-corrected chi connectivity index (χ2v) is 4.97. The van der Waals surface area contributed by atoms with E-state index in [9.17, 15) is 0 Å². The molecule has 0 bridgehead atoms. The molecule has 0 amide bonds. The van der Waals surface area contributed by atoms with Gasteiger partial charge in [0.25, 0.3) is 0 Å². The Morgan fingerprint density at radius 1 is 0.895 bits per heavy atom. The Morgan fingerprint density at radius 2 is 1.79 bits per heavy atom. The van der Waals surface area contributed by atoms with Crippen LogP contribution in [0.2, 0.25) is 0 Å². The number of benzene rings is 2. The summed E-state index contributed by atoms with van der Waals surface area (Å²) in [7, 11) is 0. The molecule has 1 aliphatic carbocycles. The first-order valence-electron chi connectivity index (χ1n) is 6.69. The van der Waals surface area contributed by atoms with E-state index in [2.05, 4.69) is 48.6 Å². The Labute approximate surface area is 111 Å². The van der Waals surface area contributed by atoms with E-state index in [1.165, 1.54) is 21.9 Å². The van der Waals surface area contributed by atoms with Gasteiger partial charge in [0, 0.05) is 10.8 Å². The topological polar surface area (TPSA) is 13.1 Å². The van der Waals surface area contributed by atoms with Gasteiger partial charge in [-0.1, -0.05) is 42.5 Å². The predicted octanol–water partition coefficient (Wildman–Crippen LogP) is 5.32. The Balaban J connectivity index is 1.97. The van der Waals surface area contributed by atoms with E-state index in [-0.39, 0.29) is 0 Å². The van der Waals surface area contributed by atoms with Crippen molar-refractivity contribution in [2.45, 2.75) is 12.8 Å². The minimum absolute atomic E-state index is 0.965. The first-order valence-corrected chi connectivity index (χ1v) is 6.69. The van der Waals surface area contributed by atoms with Crippen LogP contribution in [0.5, 0.6) is 0 Å². The quantitative estimate of drug-likeness (QED) is 0.566. The maximum atomic E-state index is 5.86. The van der Waals surface area contributed by atoms with Crippen molar-refractivity contribution >= 4 is 27.5 Å². The average molecular weight is 246 g/mol. The zero-order chi connectivity index (χ0) is 12.7. The van der Waals surface area contributed by atoms with Crippen LogP contribution in [-0.2, 0) is 0 Å². The molecule has 1 aromatic heterocycles. The standard InChI is InChI=1S/C18H14O/c1-2-6-13(7-3-1)14-10-11-18-16(12-14)15-8-4-5-9-17(15)19-18/h1-2,4-6,8-12H,3,7H2. The molecule has 0 saturated carbocycles. The molecule has 0 unspecified atom stereocenters. The van der Waals surface area contributed by atoms with Gasteiger partial charge < -0.3 is 4.42 Å². The number of allylic oxidation sites excluding steroid dienone is 4. The molecule has 0 aliphatic heterocycles.